The van der Waals surface area contributed by atoms with E-state index in [9.17, 15) is 32.5 Å². The Bertz CT molecular complexity index is 1770. The van der Waals surface area contributed by atoms with E-state index in [1.807, 2.05) is 35.9 Å². The number of aryl methyl sites for hydroxylation is 1. The molecule has 0 bridgehead atoms. The molecule has 4 rings (SSSR count). The van der Waals surface area contributed by atoms with Gasteiger partial charge in [-0.05, 0) is 60.5 Å². The Morgan fingerprint density at radius 3 is 2.37 bits per heavy atom. The number of ether oxygens (including phenoxy) is 1. The lowest BCUT2D eigenvalue weighted by molar-refractivity contribution is -0.387. The third-order valence-corrected chi connectivity index (χ3v) is 7.05. The van der Waals surface area contributed by atoms with Crippen LogP contribution >= 0.6 is 0 Å². The molecule has 0 aliphatic carbocycles. The van der Waals surface area contributed by atoms with E-state index in [0.717, 1.165) is 17.2 Å². The summed E-state index contributed by atoms with van der Waals surface area (Å²) >= 11 is 0. The van der Waals surface area contributed by atoms with E-state index in [1.54, 1.807) is 36.4 Å². The van der Waals surface area contributed by atoms with E-state index >= 15 is 0 Å². The molecule has 0 aliphatic heterocycles. The highest BCUT2D eigenvalue weighted by atomic mass is 32.2. The molecule has 0 aromatic heterocycles. The Labute approximate surface area is 234 Å². The molecule has 2 amide bonds. The van der Waals surface area contributed by atoms with Gasteiger partial charge in [-0.1, -0.05) is 42.5 Å². The van der Waals surface area contributed by atoms with Crippen molar-refractivity contribution >= 4 is 39.3 Å². The minimum absolute atomic E-state index is 0.0883. The summed E-state index contributed by atoms with van der Waals surface area (Å²) in [4.78, 5) is 34.9. The number of para-hydroxylation sites is 1. The molecule has 0 unspecified atom stereocenters. The van der Waals surface area contributed by atoms with Crippen LogP contribution in [0.2, 0.25) is 0 Å². The number of halogens is 1. The number of sulfonamides is 1. The lowest BCUT2D eigenvalue weighted by atomic mass is 10.1. The van der Waals surface area contributed by atoms with Crippen molar-refractivity contribution in [3.8, 4) is 11.5 Å². The predicted octanol–water partition coefficient (Wildman–Crippen LogP) is 5.61. The molecular formula is C29H22FN3O7S. The molecule has 0 saturated carbocycles. The number of amides is 2. The molecule has 0 aliphatic rings. The monoisotopic (exact) mass is 575 g/mol. The lowest BCUT2D eigenvalue weighted by Crippen LogP contribution is -2.31. The number of nitro groups is 1. The van der Waals surface area contributed by atoms with Crippen LogP contribution in [0.3, 0.4) is 0 Å². The van der Waals surface area contributed by atoms with Gasteiger partial charge in [0.1, 0.15) is 11.5 Å². The van der Waals surface area contributed by atoms with Gasteiger partial charge in [0.05, 0.1) is 15.4 Å². The molecule has 0 heterocycles. The number of nitrogens with one attached hydrogen (secondary N) is 2. The largest absolute Gasteiger partial charge is 0.456 e. The number of nitro benzene ring substituents is 1. The normalized spacial score (nSPS) is 11.2. The van der Waals surface area contributed by atoms with Gasteiger partial charge in [-0.15, -0.1) is 0 Å². The number of hydrogen-bond acceptors (Lipinski definition) is 7. The lowest BCUT2D eigenvalue weighted by Gasteiger charge is -2.14. The van der Waals surface area contributed by atoms with Gasteiger partial charge >= 0.3 is 5.69 Å². The van der Waals surface area contributed by atoms with Crippen LogP contribution in [0.4, 0.5) is 15.8 Å². The van der Waals surface area contributed by atoms with E-state index in [4.69, 9.17) is 4.74 Å². The average Bonchev–Trinajstić information content (AvgIpc) is 2.93. The van der Waals surface area contributed by atoms with Gasteiger partial charge in [0.15, 0.2) is 0 Å². The number of benzene rings is 4. The third-order valence-electron chi connectivity index (χ3n) is 5.72. The van der Waals surface area contributed by atoms with Crippen molar-refractivity contribution in [2.24, 2.45) is 0 Å². The maximum Gasteiger partial charge on any atom is 0.306 e. The molecule has 0 radical (unpaired) electrons. The molecule has 208 valence electrons. The predicted molar refractivity (Wildman–Crippen MR) is 150 cm³/mol. The van der Waals surface area contributed by atoms with Crippen LogP contribution in [-0.4, -0.2) is 25.2 Å². The number of hydrogen-bond donors (Lipinski definition) is 2. The Kier molecular flexibility index (Phi) is 8.54. The molecule has 4 aromatic carbocycles. The maximum absolute atomic E-state index is 13.7. The Balaban J connectivity index is 1.61. The Hall–Kier alpha value is -5.36. The number of carbonyl (C=O) groups excluding carboxylic acids is 2. The van der Waals surface area contributed by atoms with Gasteiger partial charge in [-0.2, -0.15) is 4.39 Å². The zero-order valence-corrected chi connectivity index (χ0v) is 22.2. The molecule has 0 saturated heterocycles. The van der Waals surface area contributed by atoms with Gasteiger partial charge in [-0.25, -0.2) is 13.1 Å². The van der Waals surface area contributed by atoms with Crippen molar-refractivity contribution in [3.05, 3.63) is 130 Å². The fourth-order valence-electron chi connectivity index (χ4n) is 3.65. The van der Waals surface area contributed by atoms with Crippen LogP contribution in [0.15, 0.2) is 102 Å². The number of nitrogens with zero attached hydrogens (tertiary/aromatic N) is 1. The molecule has 2 N–H and O–H groups in total. The van der Waals surface area contributed by atoms with Gasteiger partial charge in [0, 0.05) is 23.9 Å². The summed E-state index contributed by atoms with van der Waals surface area (Å²) in [5.74, 6) is -2.58. The first-order valence-corrected chi connectivity index (χ1v) is 13.4. The number of rotatable bonds is 9. The van der Waals surface area contributed by atoms with Crippen molar-refractivity contribution in [2.75, 3.05) is 5.32 Å². The fraction of sp³-hybridized carbons (Fsp3) is 0.0345. The van der Waals surface area contributed by atoms with Crippen LogP contribution in [0.1, 0.15) is 21.5 Å². The molecule has 4 aromatic rings. The smallest absolute Gasteiger partial charge is 0.306 e. The van der Waals surface area contributed by atoms with E-state index in [-0.39, 0.29) is 17.0 Å². The first-order valence-electron chi connectivity index (χ1n) is 12.0. The standard InChI is InChI=1S/C29H22FN3O7S/c1-19-7-5-6-8-20(19)11-16-28(34)31-21-12-14-24(27(17-21)40-22-9-3-2-4-10-22)29(35)32-41(38,39)23-13-15-25(30)26(18-23)33(36)37/h2-18H,1H3,(H,31,34)(H,32,35). The van der Waals surface area contributed by atoms with Crippen molar-refractivity contribution in [3.63, 3.8) is 0 Å². The van der Waals surface area contributed by atoms with Crippen molar-refractivity contribution in [2.45, 2.75) is 11.8 Å². The van der Waals surface area contributed by atoms with Gasteiger partial charge < -0.3 is 10.1 Å². The van der Waals surface area contributed by atoms with Crippen molar-refractivity contribution in [1.29, 1.82) is 0 Å². The van der Waals surface area contributed by atoms with E-state index in [2.05, 4.69) is 5.32 Å². The van der Waals surface area contributed by atoms with Gasteiger partial charge in [0.25, 0.3) is 15.9 Å². The molecule has 0 fully saturated rings. The number of carbonyl (C=O) groups is 2. The minimum Gasteiger partial charge on any atom is -0.456 e. The highest BCUT2D eigenvalue weighted by Crippen LogP contribution is 2.29. The van der Waals surface area contributed by atoms with E-state index in [0.29, 0.717) is 17.9 Å². The van der Waals surface area contributed by atoms with Crippen LogP contribution in [0, 0.1) is 22.9 Å². The minimum atomic E-state index is -4.64. The molecule has 10 nitrogen and oxygen atoms in total. The van der Waals surface area contributed by atoms with Crippen molar-refractivity contribution in [1.82, 2.24) is 4.72 Å². The Morgan fingerprint density at radius 2 is 1.66 bits per heavy atom. The summed E-state index contributed by atoms with van der Waals surface area (Å²) in [7, 11) is -4.64. The third kappa shape index (κ3) is 7.19. The number of anilines is 1. The summed E-state index contributed by atoms with van der Waals surface area (Å²) < 4.78 is 47.0. The SMILES string of the molecule is Cc1ccccc1C=CC(=O)Nc1ccc(C(=O)NS(=O)(=O)c2ccc(F)c([N+](=O)[O-])c2)c(Oc2ccccc2)c1. The van der Waals surface area contributed by atoms with Crippen LogP contribution in [-0.2, 0) is 14.8 Å². The summed E-state index contributed by atoms with van der Waals surface area (Å²) in [6.45, 7) is 1.91. The first-order chi connectivity index (χ1) is 19.5. The fourth-order valence-corrected chi connectivity index (χ4v) is 4.63. The zero-order valence-electron chi connectivity index (χ0n) is 21.4. The van der Waals surface area contributed by atoms with Gasteiger partial charge in [-0.3, -0.25) is 19.7 Å². The summed E-state index contributed by atoms with van der Waals surface area (Å²) in [5, 5.41) is 13.7. The van der Waals surface area contributed by atoms with Gasteiger partial charge in [0.2, 0.25) is 11.7 Å². The molecular weight excluding hydrogens is 553 g/mol. The van der Waals surface area contributed by atoms with Crippen LogP contribution < -0.4 is 14.8 Å². The van der Waals surface area contributed by atoms with Crippen molar-refractivity contribution < 1.29 is 32.1 Å². The van der Waals surface area contributed by atoms with Crippen LogP contribution in [0.5, 0.6) is 11.5 Å². The zero-order chi connectivity index (χ0) is 29.6. The van der Waals surface area contributed by atoms with E-state index < -0.39 is 43.2 Å². The highest BCUT2D eigenvalue weighted by Gasteiger charge is 2.25. The maximum atomic E-state index is 13.7. The summed E-state index contributed by atoms with van der Waals surface area (Å²) in [5.41, 5.74) is 0.808. The molecule has 0 atom stereocenters. The second kappa shape index (κ2) is 12.2. The van der Waals surface area contributed by atoms with E-state index in [1.165, 1.54) is 24.3 Å². The summed E-state index contributed by atoms with van der Waals surface area (Å²) in [6.07, 6.45) is 2.99. The summed E-state index contributed by atoms with van der Waals surface area (Å²) in [6, 6.07) is 21.7. The molecule has 0 spiro atoms. The Morgan fingerprint density at radius 1 is 0.951 bits per heavy atom. The highest BCUT2D eigenvalue weighted by molar-refractivity contribution is 7.90. The van der Waals surface area contributed by atoms with Crippen LogP contribution in [0.25, 0.3) is 6.08 Å². The quantitative estimate of drug-likeness (QED) is 0.150. The molecule has 12 heteroatoms. The second-order valence-corrected chi connectivity index (χ2v) is 10.3. The molecule has 41 heavy (non-hydrogen) atoms. The average molecular weight is 576 g/mol. The second-order valence-electron chi connectivity index (χ2n) is 8.61. The topological polar surface area (TPSA) is 145 Å². The first kappa shape index (κ1) is 28.6.